The molecule has 0 bridgehead atoms. The normalized spacial score (nSPS) is 17.2. The van der Waals surface area contributed by atoms with Crippen LogP contribution < -0.4 is 10.2 Å². The second kappa shape index (κ2) is 6.83. The molecule has 1 aliphatic rings. The number of hydrogen-bond donors (Lipinski definition) is 1. The summed E-state index contributed by atoms with van der Waals surface area (Å²) in [5.41, 5.74) is 2.57. The number of benzene rings is 2. The first-order valence-corrected chi connectivity index (χ1v) is 7.92. The van der Waals surface area contributed by atoms with Crippen molar-refractivity contribution in [3.63, 3.8) is 0 Å². The maximum atomic E-state index is 13.3. The number of anilines is 1. The van der Waals surface area contributed by atoms with Gasteiger partial charge in [0.25, 0.3) is 0 Å². The Bertz CT molecular complexity index is 775. The maximum absolute atomic E-state index is 13.3. The Morgan fingerprint density at radius 3 is 2.79 bits per heavy atom. The van der Waals surface area contributed by atoms with Crippen molar-refractivity contribution in [3.05, 3.63) is 65.5 Å². The summed E-state index contributed by atoms with van der Waals surface area (Å²) in [7, 11) is 0. The van der Waals surface area contributed by atoms with Gasteiger partial charge in [-0.05, 0) is 30.7 Å². The molecule has 1 saturated heterocycles. The van der Waals surface area contributed by atoms with Gasteiger partial charge in [0.05, 0.1) is 12.5 Å². The smallest absolute Gasteiger partial charge is 0.229 e. The van der Waals surface area contributed by atoms with E-state index in [4.69, 9.17) is 0 Å². The standard InChI is InChI=1S/C19H19FN2O2/c1-13-4-2-5-14(8-13)9-18(23)21-16-11-19(24)22(12-16)17-7-3-6-15(20)10-17/h2-8,10,16H,9,11-12H2,1H3,(H,21,23)/t16-/m0/s1. The molecule has 1 N–H and O–H groups in total. The number of nitrogens with zero attached hydrogens (tertiary/aromatic N) is 1. The maximum Gasteiger partial charge on any atom is 0.229 e. The van der Waals surface area contributed by atoms with Crippen molar-refractivity contribution in [3.8, 4) is 0 Å². The lowest BCUT2D eigenvalue weighted by atomic mass is 10.1. The van der Waals surface area contributed by atoms with Crippen molar-refractivity contribution in [2.45, 2.75) is 25.8 Å². The van der Waals surface area contributed by atoms with Crippen LogP contribution in [0.4, 0.5) is 10.1 Å². The van der Waals surface area contributed by atoms with Gasteiger partial charge >= 0.3 is 0 Å². The molecule has 24 heavy (non-hydrogen) atoms. The number of rotatable bonds is 4. The van der Waals surface area contributed by atoms with Crippen LogP contribution >= 0.6 is 0 Å². The number of carbonyl (C=O) groups is 2. The van der Waals surface area contributed by atoms with Crippen LogP contribution in [0.5, 0.6) is 0 Å². The highest BCUT2D eigenvalue weighted by molar-refractivity contribution is 5.96. The average Bonchev–Trinajstić information content (AvgIpc) is 2.87. The lowest BCUT2D eigenvalue weighted by Crippen LogP contribution is -2.38. The van der Waals surface area contributed by atoms with Crippen molar-refractivity contribution in [2.75, 3.05) is 11.4 Å². The molecule has 2 aromatic carbocycles. The molecule has 2 amide bonds. The third-order valence-corrected chi connectivity index (χ3v) is 4.06. The van der Waals surface area contributed by atoms with Crippen LogP contribution in [0.2, 0.25) is 0 Å². The third kappa shape index (κ3) is 3.79. The minimum Gasteiger partial charge on any atom is -0.351 e. The number of hydrogen-bond acceptors (Lipinski definition) is 2. The minimum atomic E-state index is -0.382. The molecule has 0 radical (unpaired) electrons. The summed E-state index contributed by atoms with van der Waals surface area (Å²) in [4.78, 5) is 25.8. The average molecular weight is 326 g/mol. The van der Waals surface area contributed by atoms with Gasteiger partial charge in [0.2, 0.25) is 11.8 Å². The lowest BCUT2D eigenvalue weighted by Gasteiger charge is -2.17. The fraction of sp³-hybridized carbons (Fsp3) is 0.263. The van der Waals surface area contributed by atoms with E-state index >= 15 is 0 Å². The molecule has 0 aromatic heterocycles. The predicted octanol–water partition coefficient (Wildman–Crippen LogP) is 2.60. The molecular formula is C19H19FN2O2. The molecular weight excluding hydrogens is 307 g/mol. The number of amides is 2. The lowest BCUT2D eigenvalue weighted by molar-refractivity contribution is -0.121. The van der Waals surface area contributed by atoms with Gasteiger partial charge in [-0.15, -0.1) is 0 Å². The van der Waals surface area contributed by atoms with E-state index in [2.05, 4.69) is 5.32 Å². The van der Waals surface area contributed by atoms with Gasteiger partial charge in [0, 0.05) is 18.7 Å². The number of aryl methyl sites for hydroxylation is 1. The van der Waals surface area contributed by atoms with Crippen LogP contribution in [-0.4, -0.2) is 24.4 Å². The van der Waals surface area contributed by atoms with E-state index < -0.39 is 0 Å². The molecule has 1 aliphatic heterocycles. The van der Waals surface area contributed by atoms with E-state index in [0.29, 0.717) is 12.2 Å². The van der Waals surface area contributed by atoms with Crippen LogP contribution in [-0.2, 0) is 16.0 Å². The highest BCUT2D eigenvalue weighted by atomic mass is 19.1. The molecule has 1 fully saturated rings. The predicted molar refractivity (Wildman–Crippen MR) is 90.2 cm³/mol. The Morgan fingerprint density at radius 1 is 1.25 bits per heavy atom. The van der Waals surface area contributed by atoms with E-state index in [1.165, 1.54) is 17.0 Å². The molecule has 0 aliphatic carbocycles. The summed E-state index contributed by atoms with van der Waals surface area (Å²) in [5, 5.41) is 2.90. The Labute approximate surface area is 140 Å². The summed E-state index contributed by atoms with van der Waals surface area (Å²) >= 11 is 0. The van der Waals surface area contributed by atoms with Crippen molar-refractivity contribution >= 4 is 17.5 Å². The third-order valence-electron chi connectivity index (χ3n) is 4.06. The summed E-state index contributed by atoms with van der Waals surface area (Å²) in [6, 6.07) is 13.5. The monoisotopic (exact) mass is 326 g/mol. The first-order chi connectivity index (χ1) is 11.5. The molecule has 3 rings (SSSR count). The Hall–Kier alpha value is -2.69. The molecule has 0 saturated carbocycles. The van der Waals surface area contributed by atoms with Gasteiger partial charge in [-0.2, -0.15) is 0 Å². The fourth-order valence-corrected chi connectivity index (χ4v) is 2.98. The van der Waals surface area contributed by atoms with Gasteiger partial charge in [0.1, 0.15) is 5.82 Å². The molecule has 1 atom stereocenters. The van der Waals surface area contributed by atoms with Gasteiger partial charge < -0.3 is 10.2 Å². The van der Waals surface area contributed by atoms with Crippen molar-refractivity contribution in [1.29, 1.82) is 0 Å². The minimum absolute atomic E-state index is 0.110. The SMILES string of the molecule is Cc1cccc(CC(=O)N[C@H]2CC(=O)N(c3cccc(F)c3)C2)c1. The van der Waals surface area contributed by atoms with E-state index in [9.17, 15) is 14.0 Å². The van der Waals surface area contributed by atoms with Gasteiger partial charge in [-0.25, -0.2) is 4.39 Å². The van der Waals surface area contributed by atoms with Crippen molar-refractivity contribution in [1.82, 2.24) is 5.32 Å². The number of carbonyl (C=O) groups excluding carboxylic acids is 2. The zero-order chi connectivity index (χ0) is 17.1. The number of halogens is 1. The Kier molecular flexibility index (Phi) is 4.60. The largest absolute Gasteiger partial charge is 0.351 e. The molecule has 4 nitrogen and oxygen atoms in total. The van der Waals surface area contributed by atoms with Crippen LogP contribution in [0.3, 0.4) is 0 Å². The van der Waals surface area contributed by atoms with Gasteiger partial charge in [-0.3, -0.25) is 9.59 Å². The zero-order valence-corrected chi connectivity index (χ0v) is 13.5. The van der Waals surface area contributed by atoms with Crippen LogP contribution in [0, 0.1) is 12.7 Å². The second-order valence-corrected chi connectivity index (χ2v) is 6.12. The molecule has 5 heteroatoms. The van der Waals surface area contributed by atoms with Crippen LogP contribution in [0.1, 0.15) is 17.5 Å². The van der Waals surface area contributed by atoms with Crippen molar-refractivity contribution in [2.24, 2.45) is 0 Å². The van der Waals surface area contributed by atoms with Crippen LogP contribution in [0.25, 0.3) is 0 Å². The van der Waals surface area contributed by atoms with Crippen molar-refractivity contribution < 1.29 is 14.0 Å². The fourth-order valence-electron chi connectivity index (χ4n) is 2.98. The Morgan fingerprint density at radius 2 is 2.04 bits per heavy atom. The Balaban J connectivity index is 1.61. The number of nitrogens with one attached hydrogen (secondary N) is 1. The molecule has 0 spiro atoms. The highest BCUT2D eigenvalue weighted by Crippen LogP contribution is 2.22. The first-order valence-electron chi connectivity index (χ1n) is 7.92. The van der Waals surface area contributed by atoms with Crippen LogP contribution in [0.15, 0.2) is 48.5 Å². The molecule has 2 aromatic rings. The first kappa shape index (κ1) is 16.2. The zero-order valence-electron chi connectivity index (χ0n) is 13.5. The van der Waals surface area contributed by atoms with E-state index in [0.717, 1.165) is 11.1 Å². The van der Waals surface area contributed by atoms with Gasteiger partial charge in [0.15, 0.2) is 0 Å². The van der Waals surface area contributed by atoms with E-state index in [-0.39, 0.29) is 36.5 Å². The summed E-state index contributed by atoms with van der Waals surface area (Å²) in [5.74, 6) is -0.604. The topological polar surface area (TPSA) is 49.4 Å². The molecule has 0 unspecified atom stereocenters. The highest BCUT2D eigenvalue weighted by Gasteiger charge is 2.31. The summed E-state index contributed by atoms with van der Waals surface area (Å²) < 4.78 is 13.3. The molecule has 124 valence electrons. The van der Waals surface area contributed by atoms with E-state index in [1.807, 2.05) is 31.2 Å². The van der Waals surface area contributed by atoms with Gasteiger partial charge in [-0.1, -0.05) is 35.9 Å². The van der Waals surface area contributed by atoms with E-state index in [1.54, 1.807) is 12.1 Å². The summed E-state index contributed by atoms with van der Waals surface area (Å²) in [6.45, 7) is 2.34. The second-order valence-electron chi connectivity index (χ2n) is 6.12. The molecule has 1 heterocycles. The summed E-state index contributed by atoms with van der Waals surface area (Å²) in [6.07, 6.45) is 0.516. The quantitative estimate of drug-likeness (QED) is 0.939.